The number of aryl methyl sites for hydroxylation is 2. The van der Waals surface area contributed by atoms with Crippen LogP contribution in [-0.4, -0.2) is 95.5 Å². The number of benzene rings is 2. The van der Waals surface area contributed by atoms with E-state index in [4.69, 9.17) is 9.11 Å². The minimum Gasteiger partial charge on any atom is -0.757 e. The second kappa shape index (κ2) is 18.4. The van der Waals surface area contributed by atoms with Crippen LogP contribution in [0.15, 0.2) is 151 Å². The van der Waals surface area contributed by atoms with Gasteiger partial charge in [0.05, 0.1) is 21.2 Å². The average Bonchev–Trinajstić information content (AvgIpc) is 3.16. The average molecular weight is 841 g/mol. The second-order valence-corrected chi connectivity index (χ2v) is 14.6. The fourth-order valence-electron chi connectivity index (χ4n) is 5.39. The van der Waals surface area contributed by atoms with Crippen LogP contribution in [-0.2, 0) is 42.6 Å². The number of carbonyl (C=O) groups excluding carboxylic acids is 2. The van der Waals surface area contributed by atoms with Crippen LogP contribution in [0, 0.1) is 20.2 Å². The molecule has 2 N–H and O–H groups in total. The number of hydrogen-bond donors (Lipinski definition) is 2. The normalized spacial score (nSPS) is 18.0. The van der Waals surface area contributed by atoms with Gasteiger partial charge in [-0.15, -0.1) is 20.5 Å². The van der Waals surface area contributed by atoms with Crippen molar-refractivity contribution >= 4 is 102 Å². The molecule has 0 amide bonds. The summed E-state index contributed by atoms with van der Waals surface area (Å²) >= 11 is 0. The van der Waals surface area contributed by atoms with Gasteiger partial charge in [0.15, 0.2) is 0 Å². The molecule has 21 heteroatoms. The van der Waals surface area contributed by atoms with E-state index in [-0.39, 0.29) is 81.6 Å². The third-order valence-corrected chi connectivity index (χ3v) is 9.98. The Balaban J connectivity index is 0.000000248. The molecule has 0 saturated carbocycles. The standard InChI is InChI=1S/2C18H15N3O6S.Ca/c2*1-2-11-3-5-13(21(23)24)10-16(11)19-20-18-15-7-6-14(28(25,26)27)9-12(15)4-8-17(18)22;/h2*3-10H,2H2,1H3,(H2,25,26,27);/q;;+2/p-2. The Kier molecular flexibility index (Phi) is 14.4. The zero-order valence-corrected chi connectivity index (χ0v) is 33.7. The van der Waals surface area contributed by atoms with E-state index >= 15 is 0 Å². The number of fused-ring (bicyclic) bond motifs is 2. The Hall–Kier alpha value is -5.16. The molecule has 0 aromatic heterocycles. The van der Waals surface area contributed by atoms with E-state index in [1.165, 1.54) is 72.9 Å². The Labute approximate surface area is 354 Å². The van der Waals surface area contributed by atoms with Gasteiger partial charge in [-0.1, -0.05) is 50.3 Å². The summed E-state index contributed by atoms with van der Waals surface area (Å²) in [7, 11) is -8.78. The first-order chi connectivity index (χ1) is 26.4. The van der Waals surface area contributed by atoms with E-state index in [0.29, 0.717) is 35.1 Å². The molecule has 0 radical (unpaired) electrons. The molecule has 4 aliphatic carbocycles. The van der Waals surface area contributed by atoms with Crippen molar-refractivity contribution in [3.63, 3.8) is 0 Å². The molecule has 288 valence electrons. The van der Waals surface area contributed by atoms with E-state index in [2.05, 4.69) is 20.5 Å². The quantitative estimate of drug-likeness (QED) is 0.102. The van der Waals surface area contributed by atoms with Crippen LogP contribution >= 0.6 is 0 Å². The van der Waals surface area contributed by atoms with Gasteiger partial charge in [-0.3, -0.25) is 38.2 Å². The number of carbonyl (C=O) groups is 2. The Bertz CT molecular complexity index is 2500. The summed E-state index contributed by atoms with van der Waals surface area (Å²) in [4.78, 5) is 44.7. The second-order valence-electron chi connectivity index (χ2n) is 11.8. The van der Waals surface area contributed by atoms with Crippen molar-refractivity contribution in [3.05, 3.63) is 162 Å². The third-order valence-electron chi connectivity index (χ3n) is 8.28. The number of non-ortho nitro benzene ring substituents is 2. The van der Waals surface area contributed by atoms with Crippen LogP contribution in [0.5, 0.6) is 0 Å². The topological polar surface area (TPSA) is 291 Å². The molecule has 2 aromatic rings. The summed E-state index contributed by atoms with van der Waals surface area (Å²) < 4.78 is 63.5. The van der Waals surface area contributed by atoms with Gasteiger partial charge in [0.1, 0.15) is 11.4 Å². The Morgan fingerprint density at radius 2 is 0.965 bits per heavy atom. The summed E-state index contributed by atoms with van der Waals surface area (Å²) in [5.74, 6) is -0.890. The van der Waals surface area contributed by atoms with Crippen molar-refractivity contribution in [1.82, 2.24) is 0 Å². The van der Waals surface area contributed by atoms with Crippen molar-refractivity contribution in [2.45, 2.75) is 26.7 Å². The predicted octanol–water partition coefficient (Wildman–Crippen LogP) is 6.00. The summed E-state index contributed by atoms with van der Waals surface area (Å²) in [5.41, 5.74) is 3.03. The van der Waals surface area contributed by atoms with Crippen molar-refractivity contribution < 1.29 is 46.1 Å². The van der Waals surface area contributed by atoms with Crippen LogP contribution in [0.1, 0.15) is 25.0 Å². The summed E-state index contributed by atoms with van der Waals surface area (Å²) in [5, 5.41) is 38.0. The van der Waals surface area contributed by atoms with E-state index in [1.807, 2.05) is 13.8 Å². The zero-order chi connectivity index (χ0) is 40.9. The molecule has 2 unspecified atom stereocenters. The molecular weight excluding hydrogens is 813 g/mol. The van der Waals surface area contributed by atoms with Gasteiger partial charge in [-0.05, 0) is 71.6 Å². The third kappa shape index (κ3) is 10.6. The van der Waals surface area contributed by atoms with Gasteiger partial charge in [0.25, 0.3) is 11.4 Å². The van der Waals surface area contributed by atoms with Gasteiger partial charge in [0.2, 0.25) is 11.6 Å². The molecule has 0 spiro atoms. The first-order valence-electron chi connectivity index (χ1n) is 16.2. The Morgan fingerprint density at radius 1 is 0.596 bits per heavy atom. The molecule has 0 saturated heterocycles. The summed E-state index contributed by atoms with van der Waals surface area (Å²) in [6.45, 7) is 3.71. The molecule has 6 rings (SSSR count). The SMILES string of the molecule is CCc1ccc([N+](=O)[O-])cc1N=NC1=C2C=CC(=S(=O)([O-])O)C=C2C=CC1=O.CCc1ccc([N+](=O)[O-])cc1N=NC1=C2C=CC(=S(=O)([O-])O)C=C2C=CC1=O.[Ca+2]. The number of azo groups is 2. The fourth-order valence-corrected chi connectivity index (χ4v) is 6.43. The minimum atomic E-state index is -4.39. The van der Waals surface area contributed by atoms with Crippen LogP contribution in [0.2, 0.25) is 0 Å². The maximum Gasteiger partial charge on any atom is 2.00 e. The van der Waals surface area contributed by atoms with Gasteiger partial charge in [0, 0.05) is 65.3 Å². The van der Waals surface area contributed by atoms with Crippen LogP contribution in [0.4, 0.5) is 22.7 Å². The van der Waals surface area contributed by atoms with Crippen molar-refractivity contribution in [3.8, 4) is 0 Å². The molecule has 0 fully saturated rings. The predicted molar refractivity (Wildman–Crippen MR) is 210 cm³/mol. The molecule has 57 heavy (non-hydrogen) atoms. The van der Waals surface area contributed by atoms with E-state index in [0.717, 1.165) is 23.3 Å². The Morgan fingerprint density at radius 3 is 1.28 bits per heavy atom. The van der Waals surface area contributed by atoms with Crippen LogP contribution < -0.4 is 0 Å². The maximum absolute atomic E-state index is 12.2. The van der Waals surface area contributed by atoms with Crippen molar-refractivity contribution in [2.24, 2.45) is 20.5 Å². The van der Waals surface area contributed by atoms with Crippen LogP contribution in [0.3, 0.4) is 0 Å². The minimum absolute atomic E-state index is 0. The van der Waals surface area contributed by atoms with E-state index in [9.17, 15) is 47.3 Å². The zero-order valence-electron chi connectivity index (χ0n) is 29.8. The van der Waals surface area contributed by atoms with Gasteiger partial charge in [-0.25, -0.2) is 0 Å². The molecule has 4 aliphatic rings. The molecule has 0 heterocycles. The van der Waals surface area contributed by atoms with Gasteiger partial charge < -0.3 is 18.2 Å². The molecule has 0 aliphatic heterocycles. The monoisotopic (exact) mass is 840 g/mol. The summed E-state index contributed by atoms with van der Waals surface area (Å²) in [6, 6.07) is 8.43. The van der Waals surface area contributed by atoms with E-state index in [1.54, 1.807) is 12.1 Å². The first kappa shape index (κ1) is 44.6. The number of hydrogen-bond acceptors (Lipinski definition) is 14. The molecule has 0 bridgehead atoms. The number of allylic oxidation sites excluding steroid dienone is 14. The van der Waals surface area contributed by atoms with Gasteiger partial charge in [-0.2, -0.15) is 0 Å². The number of ketones is 2. The fraction of sp³-hybridized carbons (Fsp3) is 0.111. The van der Waals surface area contributed by atoms with Crippen molar-refractivity contribution in [1.29, 1.82) is 0 Å². The largest absolute Gasteiger partial charge is 2.00 e. The van der Waals surface area contributed by atoms with Crippen molar-refractivity contribution in [2.75, 3.05) is 0 Å². The molecule has 18 nitrogen and oxygen atoms in total. The first-order valence-corrected chi connectivity index (χ1v) is 19.1. The van der Waals surface area contributed by atoms with Gasteiger partial charge >= 0.3 is 37.7 Å². The number of nitro groups is 2. The molecule has 2 aromatic carbocycles. The maximum atomic E-state index is 12.2. The number of rotatable bonds is 8. The molecular formula is C36H28CaN6O12S2. The number of nitrogens with zero attached hydrogens (tertiary/aromatic N) is 6. The smallest absolute Gasteiger partial charge is 0.757 e. The van der Waals surface area contributed by atoms with E-state index < -0.39 is 41.6 Å². The van der Waals surface area contributed by atoms with Crippen LogP contribution in [0.25, 0.3) is 0 Å². The number of nitro benzene ring substituents is 2. The molecule has 2 atom stereocenters. The summed E-state index contributed by atoms with van der Waals surface area (Å²) in [6.07, 6.45) is 13.8.